The first-order valence-electron chi connectivity index (χ1n) is 6.68. The highest BCUT2D eigenvalue weighted by molar-refractivity contribution is 5.20. The largest absolute Gasteiger partial charge is 0.493 e. The Morgan fingerprint density at radius 1 is 1.32 bits per heavy atom. The second-order valence-corrected chi connectivity index (χ2v) is 4.50. The highest BCUT2D eigenvalue weighted by Crippen LogP contribution is 2.17. The van der Waals surface area contributed by atoms with Crippen LogP contribution in [0.4, 0.5) is 0 Å². The van der Waals surface area contributed by atoms with E-state index in [0.29, 0.717) is 13.0 Å². The highest BCUT2D eigenvalue weighted by Gasteiger charge is 2.10. The Morgan fingerprint density at radius 2 is 2.11 bits per heavy atom. The SMILES string of the molecule is CCCn1cc(C(O)CCOc2ccccc2)cn1. The smallest absolute Gasteiger partial charge is 0.119 e. The number of rotatable bonds is 7. The number of ether oxygens (including phenoxy) is 1. The molecule has 4 heteroatoms. The van der Waals surface area contributed by atoms with Gasteiger partial charge in [0.25, 0.3) is 0 Å². The van der Waals surface area contributed by atoms with Crippen LogP contribution in [-0.4, -0.2) is 21.5 Å². The molecule has 0 aliphatic heterocycles. The van der Waals surface area contributed by atoms with Crippen LogP contribution < -0.4 is 4.74 Å². The first-order valence-corrected chi connectivity index (χ1v) is 6.68. The van der Waals surface area contributed by atoms with E-state index in [-0.39, 0.29) is 0 Å². The Labute approximate surface area is 113 Å². The molecule has 1 atom stereocenters. The molecule has 2 aromatic rings. The van der Waals surface area contributed by atoms with E-state index in [1.54, 1.807) is 6.20 Å². The van der Waals surface area contributed by atoms with Crippen LogP contribution in [-0.2, 0) is 6.54 Å². The lowest BCUT2D eigenvalue weighted by molar-refractivity contribution is 0.140. The third-order valence-electron chi connectivity index (χ3n) is 2.89. The number of hydrogen-bond acceptors (Lipinski definition) is 3. The minimum Gasteiger partial charge on any atom is -0.493 e. The normalized spacial score (nSPS) is 12.3. The molecule has 0 fully saturated rings. The maximum Gasteiger partial charge on any atom is 0.119 e. The van der Waals surface area contributed by atoms with Crippen LogP contribution in [0.25, 0.3) is 0 Å². The van der Waals surface area contributed by atoms with Gasteiger partial charge in [-0.3, -0.25) is 4.68 Å². The standard InChI is InChI=1S/C15H20N2O2/c1-2-9-17-12-13(11-16-17)15(18)8-10-19-14-6-4-3-5-7-14/h3-7,11-12,15,18H,2,8-10H2,1H3. The van der Waals surface area contributed by atoms with Crippen LogP contribution in [0, 0.1) is 0 Å². The second-order valence-electron chi connectivity index (χ2n) is 4.50. The predicted molar refractivity (Wildman–Crippen MR) is 74.0 cm³/mol. The van der Waals surface area contributed by atoms with Gasteiger partial charge in [-0.15, -0.1) is 0 Å². The summed E-state index contributed by atoms with van der Waals surface area (Å²) < 4.78 is 7.42. The van der Waals surface area contributed by atoms with Crippen molar-refractivity contribution in [3.05, 3.63) is 48.3 Å². The van der Waals surface area contributed by atoms with E-state index in [4.69, 9.17) is 4.74 Å². The Kier molecular flexibility index (Phi) is 4.98. The zero-order chi connectivity index (χ0) is 13.5. The number of aryl methyl sites for hydroxylation is 1. The van der Waals surface area contributed by atoms with Crippen molar-refractivity contribution in [3.8, 4) is 5.75 Å². The summed E-state index contributed by atoms with van der Waals surface area (Å²) in [6, 6.07) is 9.63. The number of hydrogen-bond donors (Lipinski definition) is 1. The first-order chi connectivity index (χ1) is 9.29. The molecule has 0 aliphatic rings. The van der Waals surface area contributed by atoms with Gasteiger partial charge in [0.05, 0.1) is 18.9 Å². The molecule has 0 saturated carbocycles. The van der Waals surface area contributed by atoms with Crippen molar-refractivity contribution in [1.29, 1.82) is 0 Å². The van der Waals surface area contributed by atoms with E-state index in [1.165, 1.54) is 0 Å². The van der Waals surface area contributed by atoms with Gasteiger partial charge in [-0.25, -0.2) is 0 Å². The summed E-state index contributed by atoms with van der Waals surface area (Å²) in [6.45, 7) is 3.48. The molecule has 0 amide bonds. The number of aliphatic hydroxyl groups excluding tert-OH is 1. The summed E-state index contributed by atoms with van der Waals surface area (Å²) in [7, 11) is 0. The van der Waals surface area contributed by atoms with Crippen LogP contribution in [0.5, 0.6) is 5.75 Å². The molecule has 1 aromatic heterocycles. The second kappa shape index (κ2) is 6.95. The third-order valence-corrected chi connectivity index (χ3v) is 2.89. The number of aliphatic hydroxyl groups is 1. The van der Waals surface area contributed by atoms with Crippen LogP contribution in [0.2, 0.25) is 0 Å². The average molecular weight is 260 g/mol. The molecule has 2 rings (SSSR count). The highest BCUT2D eigenvalue weighted by atomic mass is 16.5. The van der Waals surface area contributed by atoms with E-state index >= 15 is 0 Å². The fraction of sp³-hybridized carbons (Fsp3) is 0.400. The lowest BCUT2D eigenvalue weighted by Crippen LogP contribution is -2.05. The molecule has 0 spiro atoms. The zero-order valence-corrected chi connectivity index (χ0v) is 11.2. The van der Waals surface area contributed by atoms with Crippen LogP contribution in [0.3, 0.4) is 0 Å². The summed E-state index contributed by atoms with van der Waals surface area (Å²) >= 11 is 0. The minimum atomic E-state index is -0.519. The average Bonchev–Trinajstić information content (AvgIpc) is 2.89. The number of benzene rings is 1. The number of aromatic nitrogens is 2. The maximum atomic E-state index is 10.0. The summed E-state index contributed by atoms with van der Waals surface area (Å²) in [5.41, 5.74) is 0.852. The molecule has 0 bridgehead atoms. The van der Waals surface area contributed by atoms with Crippen LogP contribution in [0.1, 0.15) is 31.4 Å². The molecule has 4 nitrogen and oxygen atoms in total. The van der Waals surface area contributed by atoms with Gasteiger partial charge in [-0.1, -0.05) is 25.1 Å². The molecule has 0 aliphatic carbocycles. The molecule has 1 unspecified atom stereocenters. The van der Waals surface area contributed by atoms with E-state index in [2.05, 4.69) is 12.0 Å². The molecule has 19 heavy (non-hydrogen) atoms. The fourth-order valence-electron chi connectivity index (χ4n) is 1.87. The van der Waals surface area contributed by atoms with Gasteiger partial charge in [0, 0.05) is 24.7 Å². The lowest BCUT2D eigenvalue weighted by atomic mass is 10.1. The van der Waals surface area contributed by atoms with Gasteiger partial charge in [0.2, 0.25) is 0 Å². The van der Waals surface area contributed by atoms with Crippen molar-refractivity contribution in [2.45, 2.75) is 32.4 Å². The van der Waals surface area contributed by atoms with Crippen molar-refractivity contribution in [2.24, 2.45) is 0 Å². The van der Waals surface area contributed by atoms with Gasteiger partial charge < -0.3 is 9.84 Å². The quantitative estimate of drug-likeness (QED) is 0.832. The van der Waals surface area contributed by atoms with Crippen LogP contribution in [0.15, 0.2) is 42.7 Å². The Hall–Kier alpha value is -1.81. The van der Waals surface area contributed by atoms with E-state index in [9.17, 15) is 5.11 Å². The molecule has 1 aromatic carbocycles. The molecular weight excluding hydrogens is 240 g/mol. The van der Waals surface area contributed by atoms with Gasteiger partial charge >= 0.3 is 0 Å². The number of para-hydroxylation sites is 1. The zero-order valence-electron chi connectivity index (χ0n) is 11.2. The topological polar surface area (TPSA) is 47.3 Å². The molecule has 0 radical (unpaired) electrons. The minimum absolute atomic E-state index is 0.490. The first kappa shape index (κ1) is 13.6. The van der Waals surface area contributed by atoms with Gasteiger partial charge in [0.15, 0.2) is 0 Å². The Balaban J connectivity index is 1.78. The fourth-order valence-corrected chi connectivity index (χ4v) is 1.87. The van der Waals surface area contributed by atoms with E-state index < -0.39 is 6.10 Å². The molecule has 0 saturated heterocycles. The van der Waals surface area contributed by atoms with Gasteiger partial charge in [-0.2, -0.15) is 5.10 Å². The van der Waals surface area contributed by atoms with Gasteiger partial charge in [0.1, 0.15) is 5.75 Å². The molecular formula is C15H20N2O2. The monoisotopic (exact) mass is 260 g/mol. The van der Waals surface area contributed by atoms with Crippen molar-refractivity contribution in [2.75, 3.05) is 6.61 Å². The molecule has 1 N–H and O–H groups in total. The summed E-state index contributed by atoms with van der Waals surface area (Å²) in [4.78, 5) is 0. The third kappa shape index (κ3) is 4.10. The predicted octanol–water partition coefficient (Wildman–Crippen LogP) is 2.80. The van der Waals surface area contributed by atoms with Gasteiger partial charge in [-0.05, 0) is 18.6 Å². The Morgan fingerprint density at radius 3 is 2.84 bits per heavy atom. The van der Waals surface area contributed by atoms with Crippen molar-refractivity contribution < 1.29 is 9.84 Å². The van der Waals surface area contributed by atoms with Crippen LogP contribution >= 0.6 is 0 Å². The van der Waals surface area contributed by atoms with Crippen molar-refractivity contribution in [3.63, 3.8) is 0 Å². The Bertz CT molecular complexity index is 482. The van der Waals surface area contributed by atoms with E-state index in [0.717, 1.165) is 24.3 Å². The summed E-state index contributed by atoms with van der Waals surface area (Å²) in [6.07, 6.45) is 4.70. The molecule has 102 valence electrons. The lowest BCUT2D eigenvalue weighted by Gasteiger charge is -2.09. The van der Waals surface area contributed by atoms with E-state index in [1.807, 2.05) is 41.2 Å². The maximum absolute atomic E-state index is 10.0. The van der Waals surface area contributed by atoms with Crippen molar-refractivity contribution >= 4 is 0 Å². The van der Waals surface area contributed by atoms with Crippen molar-refractivity contribution in [1.82, 2.24) is 9.78 Å². The molecule has 1 heterocycles. The summed E-state index contributed by atoms with van der Waals surface area (Å²) in [5.74, 6) is 0.830. The number of nitrogens with zero attached hydrogens (tertiary/aromatic N) is 2. The summed E-state index contributed by atoms with van der Waals surface area (Å²) in [5, 5.41) is 14.3.